The number of nitrogens with zero attached hydrogens (tertiary/aromatic N) is 6. The summed E-state index contributed by atoms with van der Waals surface area (Å²) in [6, 6.07) is 15.1. The van der Waals surface area contributed by atoms with E-state index in [4.69, 9.17) is 0 Å². The zero-order chi connectivity index (χ0) is 22.7. The summed E-state index contributed by atoms with van der Waals surface area (Å²) in [4.78, 5) is 46.0. The van der Waals surface area contributed by atoms with Crippen LogP contribution in [-0.2, 0) is 11.3 Å². The van der Waals surface area contributed by atoms with Gasteiger partial charge in [-0.25, -0.2) is 4.98 Å². The van der Waals surface area contributed by atoms with Crippen LogP contribution in [0.15, 0.2) is 59.5 Å². The van der Waals surface area contributed by atoms with Crippen LogP contribution < -0.4 is 10.5 Å². The summed E-state index contributed by atoms with van der Waals surface area (Å²) >= 11 is 0. The lowest BCUT2D eigenvalue weighted by atomic mass is 10.2. The molecular weight excluding hydrogens is 412 g/mol. The molecule has 0 N–H and O–H groups in total. The summed E-state index contributed by atoms with van der Waals surface area (Å²) in [6.07, 6.45) is 1.43. The SMILES string of the molecule is CN(CC(=O)N1CCN(Cc2ccccc2)CC1)c1nc2ccccn2c(=O)c1[N+](=O)[O-]. The molecule has 1 amide bonds. The molecule has 4 rings (SSSR count). The summed E-state index contributed by atoms with van der Waals surface area (Å²) in [5.74, 6) is -0.265. The third-order valence-corrected chi connectivity index (χ3v) is 5.58. The lowest BCUT2D eigenvalue weighted by molar-refractivity contribution is -0.385. The molecule has 0 bridgehead atoms. The molecule has 32 heavy (non-hydrogen) atoms. The number of hydrogen-bond donors (Lipinski definition) is 0. The standard InChI is InChI=1S/C22H24N6O4/c1-24(21-20(28(31)32)22(30)27-10-6-5-9-18(27)23-21)16-19(29)26-13-11-25(12-14-26)15-17-7-3-2-4-8-17/h2-10H,11-16H2,1H3. The van der Waals surface area contributed by atoms with Crippen LogP contribution in [0.25, 0.3) is 5.65 Å². The first-order valence-corrected chi connectivity index (χ1v) is 10.3. The maximum Gasteiger partial charge on any atom is 0.376 e. The van der Waals surface area contributed by atoms with E-state index in [1.165, 1.54) is 23.7 Å². The van der Waals surface area contributed by atoms with Crippen molar-refractivity contribution >= 4 is 23.1 Å². The number of carbonyl (C=O) groups excluding carboxylic acids is 1. The van der Waals surface area contributed by atoms with Crippen molar-refractivity contribution < 1.29 is 9.72 Å². The molecule has 1 aliphatic heterocycles. The minimum absolute atomic E-state index is 0.102. The van der Waals surface area contributed by atoms with Gasteiger partial charge in [0.1, 0.15) is 5.65 Å². The van der Waals surface area contributed by atoms with Gasteiger partial charge in [0, 0.05) is 46.0 Å². The summed E-state index contributed by atoms with van der Waals surface area (Å²) in [6.45, 7) is 3.39. The number of amides is 1. The molecular formula is C22H24N6O4. The molecule has 10 heteroatoms. The monoisotopic (exact) mass is 436 g/mol. The molecule has 0 saturated carbocycles. The number of hydrogen-bond acceptors (Lipinski definition) is 7. The molecule has 10 nitrogen and oxygen atoms in total. The molecule has 1 aliphatic rings. The Bertz CT molecular complexity index is 1190. The third-order valence-electron chi connectivity index (χ3n) is 5.58. The number of nitro groups is 1. The molecule has 0 atom stereocenters. The molecule has 1 fully saturated rings. The highest BCUT2D eigenvalue weighted by atomic mass is 16.6. The van der Waals surface area contributed by atoms with Crippen LogP contribution in [0.2, 0.25) is 0 Å². The van der Waals surface area contributed by atoms with Gasteiger partial charge in [-0.15, -0.1) is 0 Å². The van der Waals surface area contributed by atoms with Gasteiger partial charge in [-0.1, -0.05) is 36.4 Å². The topological polar surface area (TPSA) is 104 Å². The van der Waals surface area contributed by atoms with Crippen LogP contribution in [-0.4, -0.2) is 69.8 Å². The first kappa shape index (κ1) is 21.4. The number of benzene rings is 1. The van der Waals surface area contributed by atoms with E-state index in [2.05, 4.69) is 22.0 Å². The lowest BCUT2D eigenvalue weighted by Gasteiger charge is -2.35. The van der Waals surface area contributed by atoms with Gasteiger partial charge in [0.15, 0.2) is 0 Å². The predicted octanol–water partition coefficient (Wildman–Crippen LogP) is 1.38. The Morgan fingerprint density at radius 3 is 2.47 bits per heavy atom. The van der Waals surface area contributed by atoms with Crippen molar-refractivity contribution in [3.8, 4) is 0 Å². The molecule has 3 heterocycles. The number of anilines is 1. The van der Waals surface area contributed by atoms with Gasteiger partial charge >= 0.3 is 11.2 Å². The number of rotatable bonds is 6. The molecule has 0 radical (unpaired) electrons. The van der Waals surface area contributed by atoms with Gasteiger partial charge in [-0.2, -0.15) is 0 Å². The van der Waals surface area contributed by atoms with E-state index in [0.717, 1.165) is 24.0 Å². The summed E-state index contributed by atoms with van der Waals surface area (Å²) in [5.41, 5.74) is 0.0982. The number of likely N-dealkylation sites (N-methyl/N-ethyl adjacent to an activating group) is 1. The molecule has 1 aromatic carbocycles. The second-order valence-corrected chi connectivity index (χ2v) is 7.77. The maximum atomic E-state index is 12.9. The van der Waals surface area contributed by atoms with Gasteiger partial charge in [0.05, 0.1) is 11.5 Å². The van der Waals surface area contributed by atoms with Gasteiger partial charge in [-0.05, 0) is 17.7 Å². The first-order valence-electron chi connectivity index (χ1n) is 10.3. The zero-order valence-electron chi connectivity index (χ0n) is 17.8. The third kappa shape index (κ3) is 4.45. The van der Waals surface area contributed by atoms with Crippen LogP contribution in [0.4, 0.5) is 11.5 Å². The predicted molar refractivity (Wildman–Crippen MR) is 120 cm³/mol. The number of pyridine rings is 1. The van der Waals surface area contributed by atoms with E-state index in [1.807, 2.05) is 18.2 Å². The Labute approximate surface area is 184 Å². The average molecular weight is 436 g/mol. The number of aromatic nitrogens is 2. The van der Waals surface area contributed by atoms with Crippen LogP contribution in [0.1, 0.15) is 5.56 Å². The van der Waals surface area contributed by atoms with Gasteiger partial charge < -0.3 is 9.80 Å². The highest BCUT2D eigenvalue weighted by Gasteiger charge is 2.29. The smallest absolute Gasteiger partial charge is 0.344 e. The summed E-state index contributed by atoms with van der Waals surface area (Å²) in [5, 5.41) is 11.6. The number of fused-ring (bicyclic) bond motifs is 1. The molecule has 0 aliphatic carbocycles. The number of carbonyl (C=O) groups is 1. The Hall–Kier alpha value is -3.79. The zero-order valence-corrected chi connectivity index (χ0v) is 17.8. The lowest BCUT2D eigenvalue weighted by Crippen LogP contribution is -2.50. The van der Waals surface area contributed by atoms with Crippen molar-refractivity contribution in [2.24, 2.45) is 0 Å². The molecule has 1 saturated heterocycles. The second kappa shape index (κ2) is 9.15. The molecule has 2 aromatic heterocycles. The number of piperazine rings is 1. The van der Waals surface area contributed by atoms with Crippen molar-refractivity contribution in [1.82, 2.24) is 19.2 Å². The van der Waals surface area contributed by atoms with Gasteiger partial charge in [0.25, 0.3) is 0 Å². The summed E-state index contributed by atoms with van der Waals surface area (Å²) < 4.78 is 1.13. The van der Waals surface area contributed by atoms with Crippen LogP contribution in [0, 0.1) is 10.1 Å². The maximum absolute atomic E-state index is 12.9. The largest absolute Gasteiger partial charge is 0.376 e. The van der Waals surface area contributed by atoms with Gasteiger partial charge in [-0.3, -0.25) is 29.0 Å². The van der Waals surface area contributed by atoms with Crippen molar-refractivity contribution in [3.63, 3.8) is 0 Å². The minimum atomic E-state index is -0.774. The van der Waals surface area contributed by atoms with E-state index < -0.39 is 16.2 Å². The van der Waals surface area contributed by atoms with Gasteiger partial charge in [0.2, 0.25) is 11.7 Å². The van der Waals surface area contributed by atoms with E-state index in [-0.39, 0.29) is 23.9 Å². The van der Waals surface area contributed by atoms with Crippen molar-refractivity contribution in [1.29, 1.82) is 0 Å². The van der Waals surface area contributed by atoms with Crippen LogP contribution in [0.3, 0.4) is 0 Å². The fourth-order valence-electron chi connectivity index (χ4n) is 3.87. The Morgan fingerprint density at radius 1 is 1.09 bits per heavy atom. The van der Waals surface area contributed by atoms with Crippen LogP contribution in [0.5, 0.6) is 0 Å². The Kier molecular flexibility index (Phi) is 6.13. The second-order valence-electron chi connectivity index (χ2n) is 7.77. The molecule has 3 aromatic rings. The van der Waals surface area contributed by atoms with E-state index in [1.54, 1.807) is 23.1 Å². The Balaban J connectivity index is 1.44. The average Bonchev–Trinajstić information content (AvgIpc) is 2.80. The Morgan fingerprint density at radius 2 is 1.78 bits per heavy atom. The molecule has 166 valence electrons. The van der Waals surface area contributed by atoms with Crippen LogP contribution >= 0.6 is 0 Å². The molecule has 0 spiro atoms. The van der Waals surface area contributed by atoms with E-state index in [0.29, 0.717) is 13.1 Å². The van der Waals surface area contributed by atoms with Crippen molar-refractivity contribution in [2.45, 2.75) is 6.54 Å². The van der Waals surface area contributed by atoms with E-state index in [9.17, 15) is 19.7 Å². The van der Waals surface area contributed by atoms with Crippen molar-refractivity contribution in [3.05, 3.63) is 80.8 Å². The normalized spacial score (nSPS) is 14.5. The van der Waals surface area contributed by atoms with E-state index >= 15 is 0 Å². The first-order chi connectivity index (χ1) is 15.4. The highest BCUT2D eigenvalue weighted by molar-refractivity contribution is 5.82. The summed E-state index contributed by atoms with van der Waals surface area (Å²) in [7, 11) is 1.54. The quantitative estimate of drug-likeness (QED) is 0.425. The fraction of sp³-hybridized carbons (Fsp3) is 0.318. The minimum Gasteiger partial charge on any atom is -0.344 e. The highest BCUT2D eigenvalue weighted by Crippen LogP contribution is 2.22. The van der Waals surface area contributed by atoms with Crippen molar-refractivity contribution in [2.75, 3.05) is 44.7 Å². The molecule has 0 unspecified atom stereocenters. The fourth-order valence-corrected chi connectivity index (χ4v) is 3.87.